The first-order valence-corrected chi connectivity index (χ1v) is 12.6. The molecule has 1 fully saturated rings. The van der Waals surface area contributed by atoms with Crippen molar-refractivity contribution in [1.29, 1.82) is 0 Å². The van der Waals surface area contributed by atoms with E-state index in [1.54, 1.807) is 24.3 Å². The van der Waals surface area contributed by atoms with Gasteiger partial charge in [0.2, 0.25) is 0 Å². The van der Waals surface area contributed by atoms with Crippen LogP contribution in [-0.2, 0) is 22.3 Å². The van der Waals surface area contributed by atoms with E-state index < -0.39 is 35.2 Å². The lowest BCUT2D eigenvalue weighted by atomic mass is 9.95. The maximum absolute atomic E-state index is 13.3. The second-order valence-electron chi connectivity index (χ2n) is 9.30. The zero-order valence-electron chi connectivity index (χ0n) is 21.2. The number of halogens is 3. The molecule has 3 aromatic rings. The minimum atomic E-state index is -4.58. The number of aliphatic hydroxyl groups excluding tert-OH is 1. The SMILES string of the molecule is CCCCCOc1ccc(/C(O)=C2\C(=O)C(=O)N(Cc3cccc(C(F)(F)F)c3)C2c2ccc(O)cc2)cc1. The van der Waals surface area contributed by atoms with Crippen LogP contribution in [0.1, 0.15) is 54.5 Å². The van der Waals surface area contributed by atoms with Crippen LogP contribution in [0, 0.1) is 0 Å². The topological polar surface area (TPSA) is 87.1 Å². The van der Waals surface area contributed by atoms with Crippen LogP contribution in [0.25, 0.3) is 5.76 Å². The Balaban J connectivity index is 1.71. The fraction of sp³-hybridized carbons (Fsp3) is 0.267. The maximum Gasteiger partial charge on any atom is 0.416 e. The molecular weight excluding hydrogens is 511 g/mol. The van der Waals surface area contributed by atoms with Crippen LogP contribution in [-0.4, -0.2) is 33.4 Å². The van der Waals surface area contributed by atoms with Crippen LogP contribution >= 0.6 is 0 Å². The molecule has 1 aliphatic heterocycles. The van der Waals surface area contributed by atoms with Gasteiger partial charge in [0.1, 0.15) is 17.3 Å². The number of Topliss-reactive ketones (excluding diaryl/α,β-unsaturated/α-hetero) is 1. The summed E-state index contributed by atoms with van der Waals surface area (Å²) in [4.78, 5) is 27.5. The largest absolute Gasteiger partial charge is 0.508 e. The number of amides is 1. The van der Waals surface area contributed by atoms with Gasteiger partial charge in [-0.3, -0.25) is 9.59 Å². The van der Waals surface area contributed by atoms with Crippen LogP contribution in [0.15, 0.2) is 78.4 Å². The highest BCUT2D eigenvalue weighted by atomic mass is 19.4. The molecule has 1 saturated heterocycles. The lowest BCUT2D eigenvalue weighted by Crippen LogP contribution is -2.29. The molecule has 2 N–H and O–H groups in total. The number of benzene rings is 3. The first-order chi connectivity index (χ1) is 18.6. The van der Waals surface area contributed by atoms with Crippen LogP contribution in [0.5, 0.6) is 11.5 Å². The van der Waals surface area contributed by atoms with Crippen LogP contribution in [0.3, 0.4) is 0 Å². The van der Waals surface area contributed by atoms with Gasteiger partial charge in [0, 0.05) is 12.1 Å². The Kier molecular flexibility index (Phi) is 8.28. The first kappa shape index (κ1) is 27.8. The van der Waals surface area contributed by atoms with E-state index in [2.05, 4.69) is 6.92 Å². The number of aromatic hydroxyl groups is 1. The van der Waals surface area contributed by atoms with Gasteiger partial charge in [0.25, 0.3) is 11.7 Å². The van der Waals surface area contributed by atoms with Crippen molar-refractivity contribution >= 4 is 17.4 Å². The molecular formula is C30H28F3NO5. The van der Waals surface area contributed by atoms with E-state index in [4.69, 9.17) is 4.74 Å². The van der Waals surface area contributed by atoms with E-state index in [1.165, 1.54) is 36.4 Å². The molecule has 3 aromatic carbocycles. The van der Waals surface area contributed by atoms with Gasteiger partial charge in [-0.05, 0) is 66.1 Å². The third-order valence-electron chi connectivity index (χ3n) is 6.50. The van der Waals surface area contributed by atoms with Gasteiger partial charge in [-0.15, -0.1) is 0 Å². The van der Waals surface area contributed by atoms with E-state index in [-0.39, 0.29) is 29.0 Å². The van der Waals surface area contributed by atoms with Crippen LogP contribution in [0.2, 0.25) is 0 Å². The summed E-state index contributed by atoms with van der Waals surface area (Å²) in [7, 11) is 0. The average Bonchev–Trinajstić information content (AvgIpc) is 3.16. The first-order valence-electron chi connectivity index (χ1n) is 12.6. The van der Waals surface area contributed by atoms with Crippen molar-refractivity contribution in [2.24, 2.45) is 0 Å². The molecule has 4 rings (SSSR count). The molecule has 0 spiro atoms. The molecule has 6 nitrogen and oxygen atoms in total. The van der Waals surface area contributed by atoms with Gasteiger partial charge < -0.3 is 19.8 Å². The number of hydrogen-bond donors (Lipinski definition) is 2. The fourth-order valence-corrected chi connectivity index (χ4v) is 4.50. The average molecular weight is 540 g/mol. The Morgan fingerprint density at radius 3 is 2.31 bits per heavy atom. The molecule has 1 atom stereocenters. The Morgan fingerprint density at radius 1 is 0.974 bits per heavy atom. The molecule has 0 radical (unpaired) electrons. The molecule has 1 aliphatic rings. The molecule has 0 saturated carbocycles. The molecule has 0 aliphatic carbocycles. The molecule has 1 unspecified atom stereocenters. The normalized spacial score (nSPS) is 17.0. The summed E-state index contributed by atoms with van der Waals surface area (Å²) in [6.45, 7) is 2.33. The van der Waals surface area contributed by atoms with Crippen molar-refractivity contribution in [2.45, 2.75) is 44.9 Å². The summed E-state index contributed by atoms with van der Waals surface area (Å²) < 4.78 is 45.5. The molecule has 204 valence electrons. The summed E-state index contributed by atoms with van der Waals surface area (Å²) in [6, 6.07) is 15.6. The monoisotopic (exact) mass is 539 g/mol. The molecule has 1 heterocycles. The molecule has 0 bridgehead atoms. The number of carbonyl (C=O) groups excluding carboxylic acids is 2. The van der Waals surface area contributed by atoms with E-state index in [9.17, 15) is 33.0 Å². The number of carbonyl (C=O) groups is 2. The van der Waals surface area contributed by atoms with Gasteiger partial charge in [0.05, 0.1) is 23.8 Å². The maximum atomic E-state index is 13.3. The molecule has 39 heavy (non-hydrogen) atoms. The van der Waals surface area contributed by atoms with Crippen LogP contribution in [0.4, 0.5) is 13.2 Å². The second kappa shape index (κ2) is 11.6. The Bertz CT molecular complexity index is 1360. The van der Waals surface area contributed by atoms with E-state index in [1.807, 2.05) is 0 Å². The highest BCUT2D eigenvalue weighted by Gasteiger charge is 2.46. The van der Waals surface area contributed by atoms with E-state index >= 15 is 0 Å². The second-order valence-corrected chi connectivity index (χ2v) is 9.30. The van der Waals surface area contributed by atoms with Crippen molar-refractivity contribution in [3.05, 3.63) is 101 Å². The smallest absolute Gasteiger partial charge is 0.416 e. The lowest BCUT2D eigenvalue weighted by molar-refractivity contribution is -0.140. The minimum Gasteiger partial charge on any atom is -0.508 e. The predicted octanol–water partition coefficient (Wildman–Crippen LogP) is 6.60. The third-order valence-corrected chi connectivity index (χ3v) is 6.50. The molecule has 9 heteroatoms. The Hall–Kier alpha value is -4.27. The summed E-state index contributed by atoms with van der Waals surface area (Å²) in [5.74, 6) is -1.80. The number of ether oxygens (including phenoxy) is 1. The zero-order valence-corrected chi connectivity index (χ0v) is 21.2. The Labute approximate surface area is 224 Å². The van der Waals surface area contributed by atoms with E-state index in [0.717, 1.165) is 36.3 Å². The minimum absolute atomic E-state index is 0.0527. The summed E-state index contributed by atoms with van der Waals surface area (Å²) in [5.41, 5.74) is -0.239. The number of phenols is 1. The van der Waals surface area contributed by atoms with Gasteiger partial charge in [-0.25, -0.2) is 0 Å². The number of ketones is 1. The lowest BCUT2D eigenvalue weighted by Gasteiger charge is -2.26. The van der Waals surface area contributed by atoms with E-state index in [0.29, 0.717) is 17.9 Å². The van der Waals surface area contributed by atoms with Gasteiger partial charge >= 0.3 is 6.18 Å². The van der Waals surface area contributed by atoms with Gasteiger partial charge in [0.15, 0.2) is 0 Å². The number of rotatable bonds is 9. The van der Waals surface area contributed by atoms with Gasteiger partial charge in [-0.2, -0.15) is 13.2 Å². The standard InChI is InChI=1S/C30H28F3NO5/c1-2-3-4-16-39-24-14-10-21(11-15-24)27(36)25-26(20-8-12-23(35)13-9-20)34(29(38)28(25)37)18-19-6-5-7-22(17-19)30(31,32)33/h5-15,17,26,35-36H,2-4,16,18H2,1H3/b27-25+. The Morgan fingerprint density at radius 2 is 1.67 bits per heavy atom. The highest BCUT2D eigenvalue weighted by Crippen LogP contribution is 2.41. The summed E-state index contributed by atoms with van der Waals surface area (Å²) in [5, 5.41) is 21.0. The summed E-state index contributed by atoms with van der Waals surface area (Å²) >= 11 is 0. The van der Waals surface area contributed by atoms with Crippen molar-refractivity contribution in [3.63, 3.8) is 0 Å². The highest BCUT2D eigenvalue weighted by molar-refractivity contribution is 6.46. The summed E-state index contributed by atoms with van der Waals surface area (Å²) in [6.07, 6.45) is -1.58. The van der Waals surface area contributed by atoms with Crippen molar-refractivity contribution in [3.8, 4) is 11.5 Å². The molecule has 1 amide bonds. The number of hydrogen-bond acceptors (Lipinski definition) is 5. The number of likely N-dealkylation sites (tertiary alicyclic amines) is 1. The number of phenolic OH excluding ortho intramolecular Hbond substituents is 1. The van der Waals surface area contributed by atoms with Crippen molar-refractivity contribution < 1.29 is 37.7 Å². The molecule has 0 aromatic heterocycles. The van der Waals surface area contributed by atoms with Crippen LogP contribution < -0.4 is 4.74 Å². The quantitative estimate of drug-likeness (QED) is 0.138. The van der Waals surface area contributed by atoms with Crippen molar-refractivity contribution in [1.82, 2.24) is 4.90 Å². The van der Waals surface area contributed by atoms with Gasteiger partial charge in [-0.1, -0.05) is 44.0 Å². The zero-order chi connectivity index (χ0) is 28.2. The van der Waals surface area contributed by atoms with Crippen molar-refractivity contribution in [2.75, 3.05) is 6.61 Å². The number of nitrogens with zero attached hydrogens (tertiary/aromatic N) is 1. The number of alkyl halides is 3. The number of aliphatic hydroxyl groups is 1. The third kappa shape index (κ3) is 6.25. The predicted molar refractivity (Wildman–Crippen MR) is 139 cm³/mol. The number of unbranched alkanes of at least 4 members (excludes halogenated alkanes) is 2. The fourth-order valence-electron chi connectivity index (χ4n) is 4.50.